The number of pyridine rings is 1. The lowest BCUT2D eigenvalue weighted by Gasteiger charge is -2.10. The number of halogens is 1. The normalized spacial score (nSPS) is 10.6. The van der Waals surface area contributed by atoms with Crippen molar-refractivity contribution in [2.45, 2.75) is 13.5 Å². The van der Waals surface area contributed by atoms with E-state index in [1.165, 1.54) is 12.1 Å². The number of benzene rings is 1. The van der Waals surface area contributed by atoms with E-state index in [9.17, 15) is 9.59 Å². The Bertz CT molecular complexity index is 970. The summed E-state index contributed by atoms with van der Waals surface area (Å²) in [6.07, 6.45) is 3.34. The standard InChI is InChI=1S/C18H15ClN2O4/c1-11-5-18(23)25-15-7-16(14(19)6-13(11)15)24-10-17(22)21-9-12-3-2-4-20-8-12/h2-8H,9-10H2,1H3,(H,21,22). The first-order chi connectivity index (χ1) is 12.0. The maximum Gasteiger partial charge on any atom is 0.336 e. The predicted molar refractivity (Wildman–Crippen MR) is 93.8 cm³/mol. The van der Waals surface area contributed by atoms with Crippen molar-refractivity contribution in [2.24, 2.45) is 0 Å². The van der Waals surface area contributed by atoms with E-state index in [1.54, 1.807) is 31.5 Å². The van der Waals surface area contributed by atoms with Gasteiger partial charge in [0.05, 0.1) is 5.02 Å². The first-order valence-electron chi connectivity index (χ1n) is 7.55. The molecule has 0 unspecified atom stereocenters. The fourth-order valence-corrected chi connectivity index (χ4v) is 2.55. The van der Waals surface area contributed by atoms with Crippen molar-refractivity contribution in [3.05, 3.63) is 69.3 Å². The quantitative estimate of drug-likeness (QED) is 0.709. The van der Waals surface area contributed by atoms with Crippen LogP contribution in [-0.4, -0.2) is 17.5 Å². The van der Waals surface area contributed by atoms with Crippen LogP contribution >= 0.6 is 11.6 Å². The zero-order chi connectivity index (χ0) is 17.8. The lowest BCUT2D eigenvalue weighted by Crippen LogP contribution is -2.28. The first kappa shape index (κ1) is 17.0. The zero-order valence-corrected chi connectivity index (χ0v) is 14.2. The summed E-state index contributed by atoms with van der Waals surface area (Å²) in [7, 11) is 0. The zero-order valence-electron chi connectivity index (χ0n) is 13.4. The molecule has 0 radical (unpaired) electrons. The Morgan fingerprint density at radius 3 is 2.96 bits per heavy atom. The average molecular weight is 359 g/mol. The van der Waals surface area contributed by atoms with E-state index in [4.69, 9.17) is 20.8 Å². The summed E-state index contributed by atoms with van der Waals surface area (Å²) in [6.45, 7) is 1.94. The average Bonchev–Trinajstić information content (AvgIpc) is 2.60. The summed E-state index contributed by atoms with van der Waals surface area (Å²) in [5, 5.41) is 3.78. The Morgan fingerprint density at radius 1 is 1.36 bits per heavy atom. The van der Waals surface area contributed by atoms with Gasteiger partial charge in [-0.2, -0.15) is 0 Å². The van der Waals surface area contributed by atoms with Crippen LogP contribution in [0.4, 0.5) is 0 Å². The van der Waals surface area contributed by atoms with Gasteiger partial charge < -0.3 is 14.5 Å². The summed E-state index contributed by atoms with van der Waals surface area (Å²) in [5.74, 6) is -0.0230. The molecule has 7 heteroatoms. The van der Waals surface area contributed by atoms with Gasteiger partial charge in [0.2, 0.25) is 0 Å². The van der Waals surface area contributed by atoms with Gasteiger partial charge in [0.15, 0.2) is 6.61 Å². The molecule has 2 heterocycles. The van der Waals surface area contributed by atoms with Gasteiger partial charge in [-0.25, -0.2) is 4.79 Å². The van der Waals surface area contributed by atoms with Crippen LogP contribution in [0.1, 0.15) is 11.1 Å². The van der Waals surface area contributed by atoms with Gasteiger partial charge in [-0.3, -0.25) is 9.78 Å². The minimum atomic E-state index is -0.451. The number of rotatable bonds is 5. The molecule has 0 aliphatic rings. The highest BCUT2D eigenvalue weighted by Crippen LogP contribution is 2.30. The molecule has 0 aliphatic carbocycles. The third kappa shape index (κ3) is 4.16. The fraction of sp³-hybridized carbons (Fsp3) is 0.167. The van der Waals surface area contributed by atoms with Crippen LogP contribution in [-0.2, 0) is 11.3 Å². The number of hydrogen-bond donors (Lipinski definition) is 1. The molecule has 1 amide bonds. The Hall–Kier alpha value is -2.86. The molecular weight excluding hydrogens is 344 g/mol. The van der Waals surface area contributed by atoms with Crippen molar-refractivity contribution >= 4 is 28.5 Å². The fourth-order valence-electron chi connectivity index (χ4n) is 2.33. The minimum Gasteiger partial charge on any atom is -0.482 e. The molecule has 0 saturated heterocycles. The molecule has 0 aliphatic heterocycles. The Labute approximate surface area is 148 Å². The molecule has 1 aromatic carbocycles. The van der Waals surface area contributed by atoms with E-state index in [2.05, 4.69) is 10.3 Å². The molecule has 0 bridgehead atoms. The molecule has 3 aromatic rings. The molecule has 3 rings (SSSR count). The van der Waals surface area contributed by atoms with Crippen LogP contribution in [0.3, 0.4) is 0 Å². The van der Waals surface area contributed by atoms with Crippen molar-refractivity contribution in [3.63, 3.8) is 0 Å². The summed E-state index contributed by atoms with van der Waals surface area (Å²) >= 11 is 6.19. The third-order valence-electron chi connectivity index (χ3n) is 3.58. The molecule has 6 nitrogen and oxygen atoms in total. The molecule has 128 valence electrons. The molecule has 1 N–H and O–H groups in total. The number of aryl methyl sites for hydroxylation is 1. The van der Waals surface area contributed by atoms with Crippen molar-refractivity contribution in [3.8, 4) is 5.75 Å². The van der Waals surface area contributed by atoms with Crippen molar-refractivity contribution < 1.29 is 13.9 Å². The maximum atomic E-state index is 11.9. The van der Waals surface area contributed by atoms with E-state index >= 15 is 0 Å². The van der Waals surface area contributed by atoms with E-state index in [0.717, 1.165) is 16.5 Å². The summed E-state index contributed by atoms with van der Waals surface area (Å²) in [4.78, 5) is 27.4. The monoisotopic (exact) mass is 358 g/mol. The predicted octanol–water partition coefficient (Wildman–Crippen LogP) is 2.85. The largest absolute Gasteiger partial charge is 0.482 e. The van der Waals surface area contributed by atoms with Gasteiger partial charge in [0, 0.05) is 36.5 Å². The second-order valence-corrected chi connectivity index (χ2v) is 5.86. The first-order valence-corrected chi connectivity index (χ1v) is 7.93. The summed E-state index contributed by atoms with van der Waals surface area (Å²) in [6, 6.07) is 8.21. The second-order valence-electron chi connectivity index (χ2n) is 5.45. The molecule has 2 aromatic heterocycles. The summed E-state index contributed by atoms with van der Waals surface area (Å²) in [5.41, 5.74) is 1.55. The minimum absolute atomic E-state index is 0.207. The Morgan fingerprint density at radius 2 is 2.20 bits per heavy atom. The van der Waals surface area contributed by atoms with Crippen LogP contribution in [0, 0.1) is 6.92 Å². The number of carbonyl (C=O) groups is 1. The van der Waals surface area contributed by atoms with Crippen LogP contribution < -0.4 is 15.7 Å². The summed E-state index contributed by atoms with van der Waals surface area (Å²) < 4.78 is 10.6. The second kappa shape index (κ2) is 7.36. The number of hydrogen-bond acceptors (Lipinski definition) is 5. The van der Waals surface area contributed by atoms with Gasteiger partial charge in [-0.05, 0) is 30.2 Å². The Kier molecular flexibility index (Phi) is 5.00. The molecule has 0 fully saturated rings. The SMILES string of the molecule is Cc1cc(=O)oc2cc(OCC(=O)NCc3cccnc3)c(Cl)cc12. The number of ether oxygens (including phenoxy) is 1. The van der Waals surface area contributed by atoms with E-state index < -0.39 is 5.63 Å². The van der Waals surface area contributed by atoms with Gasteiger partial charge in [-0.15, -0.1) is 0 Å². The maximum absolute atomic E-state index is 11.9. The van der Waals surface area contributed by atoms with Crippen LogP contribution in [0.15, 0.2) is 51.9 Å². The van der Waals surface area contributed by atoms with Gasteiger partial charge in [0.1, 0.15) is 11.3 Å². The van der Waals surface area contributed by atoms with Gasteiger partial charge in [0.25, 0.3) is 5.91 Å². The number of carbonyl (C=O) groups excluding carboxylic acids is 1. The molecule has 0 saturated carbocycles. The third-order valence-corrected chi connectivity index (χ3v) is 3.87. The van der Waals surface area contributed by atoms with Gasteiger partial charge >= 0.3 is 5.63 Å². The van der Waals surface area contributed by atoms with Crippen LogP contribution in [0.25, 0.3) is 11.0 Å². The van der Waals surface area contributed by atoms with E-state index in [1.807, 2.05) is 6.07 Å². The number of nitrogens with zero attached hydrogens (tertiary/aromatic N) is 1. The number of fused-ring (bicyclic) bond motifs is 1. The molecule has 25 heavy (non-hydrogen) atoms. The van der Waals surface area contributed by atoms with Crippen LogP contribution in [0.5, 0.6) is 5.75 Å². The topological polar surface area (TPSA) is 81.4 Å². The molecule has 0 atom stereocenters. The number of aromatic nitrogens is 1. The Balaban J connectivity index is 1.67. The van der Waals surface area contributed by atoms with Gasteiger partial charge in [-0.1, -0.05) is 17.7 Å². The highest BCUT2D eigenvalue weighted by Gasteiger charge is 2.11. The van der Waals surface area contributed by atoms with Crippen molar-refractivity contribution in [1.29, 1.82) is 0 Å². The lowest BCUT2D eigenvalue weighted by molar-refractivity contribution is -0.123. The molecule has 0 spiro atoms. The van der Waals surface area contributed by atoms with E-state index in [0.29, 0.717) is 17.2 Å². The number of nitrogens with one attached hydrogen (secondary N) is 1. The van der Waals surface area contributed by atoms with Crippen molar-refractivity contribution in [1.82, 2.24) is 10.3 Å². The number of amides is 1. The highest BCUT2D eigenvalue weighted by molar-refractivity contribution is 6.32. The highest BCUT2D eigenvalue weighted by atomic mass is 35.5. The van der Waals surface area contributed by atoms with Crippen molar-refractivity contribution in [2.75, 3.05) is 6.61 Å². The smallest absolute Gasteiger partial charge is 0.336 e. The van der Waals surface area contributed by atoms with Crippen LogP contribution in [0.2, 0.25) is 5.02 Å². The van der Waals surface area contributed by atoms with E-state index in [-0.39, 0.29) is 18.3 Å². The molecular formula is C18H15ClN2O4. The lowest BCUT2D eigenvalue weighted by atomic mass is 10.1.